The van der Waals surface area contributed by atoms with E-state index in [0.717, 1.165) is 21.8 Å². The highest BCUT2D eigenvalue weighted by atomic mass is 35.5. The van der Waals surface area contributed by atoms with Crippen molar-refractivity contribution < 1.29 is 23.7 Å². The number of methoxy groups -OCH3 is 1. The van der Waals surface area contributed by atoms with Gasteiger partial charge in [0, 0.05) is 34.5 Å². The standard InChI is InChI=1S/C23H21Cl2N3O5/c1-11(2)31-23(29)33-22-15(10-30-3)20-14-8-13(4-5-17(14)28-18(20)9-27-22)32-19-7-12(24)6-16(25)21(19)26/h4-9,11,28H,10,26H2,1-3H3. The van der Waals surface area contributed by atoms with Crippen LogP contribution in [-0.2, 0) is 16.1 Å². The second-order valence-electron chi connectivity index (χ2n) is 7.52. The number of pyridine rings is 1. The molecule has 172 valence electrons. The zero-order valence-electron chi connectivity index (χ0n) is 18.1. The molecule has 0 atom stereocenters. The summed E-state index contributed by atoms with van der Waals surface area (Å²) in [6, 6.07) is 8.61. The molecule has 2 heterocycles. The summed E-state index contributed by atoms with van der Waals surface area (Å²) in [4.78, 5) is 19.7. The smallest absolute Gasteiger partial charge is 0.455 e. The van der Waals surface area contributed by atoms with E-state index in [0.29, 0.717) is 27.1 Å². The maximum absolute atomic E-state index is 12.1. The molecule has 4 rings (SSSR count). The highest BCUT2D eigenvalue weighted by Crippen LogP contribution is 2.39. The summed E-state index contributed by atoms with van der Waals surface area (Å²) in [7, 11) is 1.55. The number of anilines is 1. The van der Waals surface area contributed by atoms with Crippen molar-refractivity contribution in [2.45, 2.75) is 26.6 Å². The van der Waals surface area contributed by atoms with Crippen molar-refractivity contribution in [3.05, 3.63) is 52.1 Å². The molecule has 0 aliphatic carbocycles. The normalized spacial score (nSPS) is 11.3. The Morgan fingerprint density at radius 3 is 2.70 bits per heavy atom. The van der Waals surface area contributed by atoms with Crippen molar-refractivity contribution in [3.63, 3.8) is 0 Å². The summed E-state index contributed by atoms with van der Waals surface area (Å²) in [5.74, 6) is 0.953. The number of aromatic nitrogens is 2. The van der Waals surface area contributed by atoms with Gasteiger partial charge < -0.3 is 29.7 Å². The van der Waals surface area contributed by atoms with Crippen LogP contribution in [0, 0.1) is 0 Å². The highest BCUT2D eigenvalue weighted by Gasteiger charge is 2.20. The van der Waals surface area contributed by atoms with Crippen LogP contribution in [0.2, 0.25) is 10.0 Å². The number of benzene rings is 2. The fourth-order valence-corrected chi connectivity index (χ4v) is 3.89. The Hall–Kier alpha value is -3.20. The average Bonchev–Trinajstić information content (AvgIpc) is 3.11. The molecule has 0 unspecified atom stereocenters. The summed E-state index contributed by atoms with van der Waals surface area (Å²) in [5, 5.41) is 2.29. The maximum Gasteiger partial charge on any atom is 0.515 e. The quantitative estimate of drug-likeness (QED) is 0.236. The van der Waals surface area contributed by atoms with Crippen molar-refractivity contribution in [2.75, 3.05) is 12.8 Å². The minimum Gasteiger partial charge on any atom is -0.455 e. The number of ether oxygens (including phenoxy) is 4. The third-order valence-electron chi connectivity index (χ3n) is 4.75. The van der Waals surface area contributed by atoms with Crippen LogP contribution in [0.15, 0.2) is 36.5 Å². The lowest BCUT2D eigenvalue weighted by Crippen LogP contribution is -2.17. The Kier molecular flexibility index (Phi) is 6.51. The van der Waals surface area contributed by atoms with E-state index in [1.807, 2.05) is 12.1 Å². The van der Waals surface area contributed by atoms with E-state index < -0.39 is 6.16 Å². The van der Waals surface area contributed by atoms with Gasteiger partial charge in [-0.15, -0.1) is 0 Å². The molecule has 0 saturated heterocycles. The second kappa shape index (κ2) is 9.35. The first kappa shape index (κ1) is 23.0. The lowest BCUT2D eigenvalue weighted by Gasteiger charge is -2.12. The number of nitrogens with zero attached hydrogens (tertiary/aromatic N) is 1. The minimum atomic E-state index is -0.841. The number of hydrogen-bond donors (Lipinski definition) is 2. The van der Waals surface area contributed by atoms with E-state index in [1.165, 1.54) is 0 Å². The van der Waals surface area contributed by atoms with E-state index in [2.05, 4.69) is 9.97 Å². The number of carbonyl (C=O) groups is 1. The van der Waals surface area contributed by atoms with Gasteiger partial charge in [0.15, 0.2) is 5.75 Å². The monoisotopic (exact) mass is 489 g/mol. The Bertz CT molecular complexity index is 1350. The van der Waals surface area contributed by atoms with Gasteiger partial charge in [-0.25, -0.2) is 9.78 Å². The van der Waals surface area contributed by atoms with Gasteiger partial charge in [0.1, 0.15) is 5.75 Å². The van der Waals surface area contributed by atoms with E-state index in [1.54, 1.807) is 45.4 Å². The minimum absolute atomic E-state index is 0.105. The molecule has 0 aliphatic heterocycles. The van der Waals surface area contributed by atoms with Crippen LogP contribution in [-0.4, -0.2) is 29.3 Å². The third kappa shape index (κ3) is 4.78. The molecule has 10 heteroatoms. The van der Waals surface area contributed by atoms with Gasteiger partial charge in [-0.05, 0) is 38.1 Å². The molecule has 2 aromatic carbocycles. The Morgan fingerprint density at radius 1 is 1.18 bits per heavy atom. The van der Waals surface area contributed by atoms with Gasteiger partial charge in [0.05, 0.1) is 40.7 Å². The van der Waals surface area contributed by atoms with Gasteiger partial charge in [0.25, 0.3) is 0 Å². The second-order valence-corrected chi connectivity index (χ2v) is 8.36. The Morgan fingerprint density at radius 2 is 1.97 bits per heavy atom. The van der Waals surface area contributed by atoms with E-state index >= 15 is 0 Å². The molecule has 33 heavy (non-hydrogen) atoms. The number of carbonyl (C=O) groups excluding carboxylic acids is 1. The average molecular weight is 490 g/mol. The fraction of sp³-hybridized carbons (Fsp3) is 0.217. The molecule has 2 aromatic heterocycles. The van der Waals surface area contributed by atoms with Gasteiger partial charge in [-0.2, -0.15) is 0 Å². The number of nitrogens with one attached hydrogen (secondary N) is 1. The van der Waals surface area contributed by atoms with Crippen LogP contribution in [0.1, 0.15) is 19.4 Å². The molecule has 4 aromatic rings. The fourth-order valence-electron chi connectivity index (χ4n) is 3.42. The van der Waals surface area contributed by atoms with Crippen LogP contribution >= 0.6 is 23.2 Å². The first-order chi connectivity index (χ1) is 15.8. The summed E-state index contributed by atoms with van der Waals surface area (Å²) in [5.41, 5.74) is 8.48. The van der Waals surface area contributed by atoms with Crippen molar-refractivity contribution in [2.24, 2.45) is 0 Å². The molecule has 0 spiro atoms. The predicted octanol–water partition coefficient (Wildman–Crippen LogP) is 6.47. The molecular formula is C23H21Cl2N3O5. The first-order valence-corrected chi connectivity index (χ1v) is 10.8. The van der Waals surface area contributed by atoms with Gasteiger partial charge in [-0.1, -0.05) is 23.2 Å². The zero-order chi connectivity index (χ0) is 23.7. The number of fused-ring (bicyclic) bond motifs is 3. The van der Waals surface area contributed by atoms with Crippen molar-refractivity contribution in [3.8, 4) is 17.4 Å². The number of hydrogen-bond acceptors (Lipinski definition) is 7. The van der Waals surface area contributed by atoms with Crippen molar-refractivity contribution in [1.29, 1.82) is 0 Å². The molecule has 0 fully saturated rings. The summed E-state index contributed by atoms with van der Waals surface area (Å²) in [6.45, 7) is 3.62. The number of aromatic amines is 1. The lowest BCUT2D eigenvalue weighted by molar-refractivity contribution is 0.0705. The molecular weight excluding hydrogens is 469 g/mol. The Balaban J connectivity index is 1.81. The van der Waals surface area contributed by atoms with E-state index in [9.17, 15) is 4.79 Å². The number of halogens is 2. The highest BCUT2D eigenvalue weighted by molar-refractivity contribution is 6.36. The maximum atomic E-state index is 12.1. The van der Waals surface area contributed by atoms with Crippen LogP contribution in [0.4, 0.5) is 10.5 Å². The number of rotatable bonds is 6. The van der Waals surface area contributed by atoms with E-state index in [-0.39, 0.29) is 24.3 Å². The lowest BCUT2D eigenvalue weighted by atomic mass is 10.1. The molecule has 0 radical (unpaired) electrons. The number of H-pyrrole nitrogens is 1. The summed E-state index contributed by atoms with van der Waals surface area (Å²) in [6.07, 6.45) is 0.417. The molecule has 3 N–H and O–H groups in total. The SMILES string of the molecule is COCc1c(OC(=O)OC(C)C)ncc2[nH]c3ccc(Oc4cc(Cl)cc(Cl)c4N)cc3c12. The molecule has 0 saturated carbocycles. The molecule has 0 aliphatic rings. The van der Waals surface area contributed by atoms with Gasteiger partial charge in [0.2, 0.25) is 5.88 Å². The van der Waals surface area contributed by atoms with Gasteiger partial charge in [-0.3, -0.25) is 0 Å². The topological polar surface area (TPSA) is 109 Å². The van der Waals surface area contributed by atoms with Crippen LogP contribution in [0.25, 0.3) is 21.8 Å². The number of nitrogen functional groups attached to an aromatic ring is 1. The third-order valence-corrected chi connectivity index (χ3v) is 5.29. The van der Waals surface area contributed by atoms with Crippen LogP contribution in [0.5, 0.6) is 17.4 Å². The molecule has 0 amide bonds. The summed E-state index contributed by atoms with van der Waals surface area (Å²) < 4.78 is 21.8. The first-order valence-electron chi connectivity index (χ1n) is 10.00. The summed E-state index contributed by atoms with van der Waals surface area (Å²) >= 11 is 12.2. The van der Waals surface area contributed by atoms with Crippen molar-refractivity contribution >= 4 is 56.9 Å². The van der Waals surface area contributed by atoms with E-state index in [4.69, 9.17) is 47.9 Å². The van der Waals surface area contributed by atoms with Gasteiger partial charge >= 0.3 is 6.16 Å². The molecule has 8 nitrogen and oxygen atoms in total. The molecule has 0 bridgehead atoms. The largest absolute Gasteiger partial charge is 0.515 e. The van der Waals surface area contributed by atoms with Crippen LogP contribution in [0.3, 0.4) is 0 Å². The van der Waals surface area contributed by atoms with Crippen LogP contribution < -0.4 is 15.2 Å². The Labute approximate surface area is 199 Å². The zero-order valence-corrected chi connectivity index (χ0v) is 19.6. The predicted molar refractivity (Wildman–Crippen MR) is 128 cm³/mol. The van der Waals surface area contributed by atoms with Crippen molar-refractivity contribution in [1.82, 2.24) is 9.97 Å². The number of nitrogens with two attached hydrogens (primary N) is 1.